The van der Waals surface area contributed by atoms with Crippen molar-refractivity contribution in [2.75, 3.05) is 11.9 Å². The lowest BCUT2D eigenvalue weighted by molar-refractivity contribution is -0.159. The first-order valence-electron chi connectivity index (χ1n) is 6.21. The van der Waals surface area contributed by atoms with E-state index in [2.05, 4.69) is 20.0 Å². The number of benzene rings is 1. The molecular weight excluding hydrogens is 364 g/mol. The van der Waals surface area contributed by atoms with E-state index in [1.54, 1.807) is 12.1 Å². The van der Waals surface area contributed by atoms with E-state index in [0.29, 0.717) is 6.20 Å². The van der Waals surface area contributed by atoms with Crippen molar-refractivity contribution in [1.82, 2.24) is 9.97 Å². The van der Waals surface area contributed by atoms with Crippen molar-refractivity contribution >= 4 is 23.2 Å². The molecule has 24 heavy (non-hydrogen) atoms. The predicted molar refractivity (Wildman–Crippen MR) is 73.3 cm³/mol. The van der Waals surface area contributed by atoms with Crippen molar-refractivity contribution in [2.45, 2.75) is 12.4 Å². The van der Waals surface area contributed by atoms with Crippen molar-refractivity contribution < 1.29 is 31.1 Å². The molecule has 0 spiro atoms. The van der Waals surface area contributed by atoms with Crippen molar-refractivity contribution in [3.8, 4) is 5.88 Å². The Kier molecular flexibility index (Phi) is 5.07. The number of anilines is 2. The summed E-state index contributed by atoms with van der Waals surface area (Å²) in [6.07, 6.45) is -9.45. The fraction of sp³-hybridized carbons (Fsp3) is 0.231. The molecule has 0 aliphatic rings. The molecule has 0 atom stereocenters. The lowest BCUT2D eigenvalue weighted by Gasteiger charge is -2.15. The number of ether oxygens (including phenoxy) is 1. The second kappa shape index (κ2) is 6.71. The van der Waals surface area contributed by atoms with E-state index < -0.39 is 36.4 Å². The first-order valence-corrected chi connectivity index (χ1v) is 6.59. The number of rotatable bonds is 4. The van der Waals surface area contributed by atoms with Gasteiger partial charge in [0.05, 0.1) is 10.7 Å². The first kappa shape index (κ1) is 18.1. The molecule has 1 aromatic carbocycles. The van der Waals surface area contributed by atoms with Crippen LogP contribution in [0.25, 0.3) is 0 Å². The van der Waals surface area contributed by atoms with Crippen LogP contribution in [-0.2, 0) is 6.18 Å². The SMILES string of the molecule is FC(F)(F)COc1nc(Nc2ccccc2Cl)ncc1C(F)(F)F. The van der Waals surface area contributed by atoms with E-state index in [-0.39, 0.29) is 10.7 Å². The summed E-state index contributed by atoms with van der Waals surface area (Å²) in [5, 5.41) is 2.73. The topological polar surface area (TPSA) is 47.0 Å². The van der Waals surface area contributed by atoms with Gasteiger partial charge in [0.15, 0.2) is 6.61 Å². The molecule has 2 rings (SSSR count). The van der Waals surface area contributed by atoms with Gasteiger partial charge in [-0.1, -0.05) is 23.7 Å². The Labute approximate surface area is 136 Å². The summed E-state index contributed by atoms with van der Waals surface area (Å²) in [7, 11) is 0. The van der Waals surface area contributed by atoms with Gasteiger partial charge in [-0.15, -0.1) is 0 Å². The van der Waals surface area contributed by atoms with Gasteiger partial charge in [0.25, 0.3) is 0 Å². The summed E-state index contributed by atoms with van der Waals surface area (Å²) >= 11 is 5.86. The third kappa shape index (κ3) is 4.88. The monoisotopic (exact) mass is 371 g/mol. The number of alkyl halides is 6. The van der Waals surface area contributed by atoms with Crippen molar-refractivity contribution in [3.63, 3.8) is 0 Å². The van der Waals surface area contributed by atoms with Gasteiger partial charge < -0.3 is 10.1 Å². The summed E-state index contributed by atoms with van der Waals surface area (Å²) in [5.41, 5.74) is -1.25. The van der Waals surface area contributed by atoms with Crippen LogP contribution in [-0.4, -0.2) is 22.8 Å². The van der Waals surface area contributed by atoms with Crippen LogP contribution in [0.1, 0.15) is 5.56 Å². The number of nitrogens with zero attached hydrogens (tertiary/aromatic N) is 2. The van der Waals surface area contributed by atoms with Gasteiger partial charge in [-0.3, -0.25) is 0 Å². The average Bonchev–Trinajstić information content (AvgIpc) is 2.46. The number of halogens is 7. The molecule has 0 unspecified atom stereocenters. The maximum atomic E-state index is 12.8. The van der Waals surface area contributed by atoms with Crippen molar-refractivity contribution in [1.29, 1.82) is 0 Å². The van der Waals surface area contributed by atoms with E-state index in [4.69, 9.17) is 11.6 Å². The van der Waals surface area contributed by atoms with Gasteiger partial charge in [-0.2, -0.15) is 31.3 Å². The quantitative estimate of drug-likeness (QED) is 0.782. The molecule has 0 saturated carbocycles. The van der Waals surface area contributed by atoms with Gasteiger partial charge in [-0.05, 0) is 12.1 Å². The van der Waals surface area contributed by atoms with Crippen molar-refractivity contribution in [3.05, 3.63) is 41.0 Å². The molecule has 4 nitrogen and oxygen atoms in total. The van der Waals surface area contributed by atoms with Gasteiger partial charge >= 0.3 is 12.4 Å². The number of hydrogen-bond donors (Lipinski definition) is 1. The highest BCUT2D eigenvalue weighted by Gasteiger charge is 2.38. The summed E-state index contributed by atoms with van der Waals surface area (Å²) in [5.74, 6) is -1.63. The molecule has 0 aliphatic heterocycles. The molecule has 130 valence electrons. The molecule has 1 heterocycles. The molecule has 11 heteroatoms. The van der Waals surface area contributed by atoms with Crippen LogP contribution >= 0.6 is 11.6 Å². The third-order valence-corrected chi connectivity index (χ3v) is 2.88. The molecule has 0 bridgehead atoms. The number of nitrogens with one attached hydrogen (secondary N) is 1. The zero-order valence-electron chi connectivity index (χ0n) is 11.5. The van der Waals surface area contributed by atoms with Crippen LogP contribution in [0.4, 0.5) is 38.0 Å². The summed E-state index contributed by atoms with van der Waals surface area (Å²) in [6, 6.07) is 6.17. The highest BCUT2D eigenvalue weighted by Crippen LogP contribution is 2.36. The lowest BCUT2D eigenvalue weighted by atomic mass is 10.3. The van der Waals surface area contributed by atoms with E-state index in [9.17, 15) is 26.3 Å². The standard InChI is InChI=1S/C13H8ClF6N3O/c14-8-3-1-2-4-9(8)22-11-21-5-7(13(18,19)20)10(23-11)24-6-12(15,16)17/h1-5H,6H2,(H,21,22,23). The molecule has 0 radical (unpaired) electrons. The van der Waals surface area contributed by atoms with E-state index in [1.807, 2.05) is 0 Å². The molecule has 0 amide bonds. The number of hydrogen-bond acceptors (Lipinski definition) is 4. The normalized spacial score (nSPS) is 12.1. The zero-order valence-corrected chi connectivity index (χ0v) is 12.3. The first-order chi connectivity index (χ1) is 11.1. The minimum Gasteiger partial charge on any atom is -0.467 e. The number of para-hydroxylation sites is 1. The molecule has 2 aromatic rings. The second-order valence-electron chi connectivity index (χ2n) is 4.42. The van der Waals surface area contributed by atoms with Crippen LogP contribution < -0.4 is 10.1 Å². The lowest BCUT2D eigenvalue weighted by Crippen LogP contribution is -2.22. The van der Waals surface area contributed by atoms with Crippen LogP contribution in [0.15, 0.2) is 30.5 Å². The van der Waals surface area contributed by atoms with Crippen LogP contribution in [0, 0.1) is 0 Å². The Hall–Kier alpha value is -2.23. The van der Waals surface area contributed by atoms with Gasteiger partial charge in [0.1, 0.15) is 5.56 Å². The Bertz CT molecular complexity index is 720. The molecule has 0 aliphatic carbocycles. The van der Waals surface area contributed by atoms with Crippen LogP contribution in [0.3, 0.4) is 0 Å². The maximum absolute atomic E-state index is 12.8. The summed E-state index contributed by atoms with van der Waals surface area (Å²) < 4.78 is 79.2. The fourth-order valence-corrected chi connectivity index (χ4v) is 1.75. The van der Waals surface area contributed by atoms with Crippen molar-refractivity contribution in [2.24, 2.45) is 0 Å². The predicted octanol–water partition coefficient (Wildman–Crippen LogP) is 4.83. The minimum absolute atomic E-state index is 0.221. The Balaban J connectivity index is 2.33. The Morgan fingerprint density at radius 1 is 1.08 bits per heavy atom. The van der Waals surface area contributed by atoms with Gasteiger partial charge in [0, 0.05) is 6.20 Å². The summed E-state index contributed by atoms with van der Waals surface area (Å²) in [4.78, 5) is 6.78. The van der Waals surface area contributed by atoms with Crippen LogP contribution in [0.2, 0.25) is 5.02 Å². The highest BCUT2D eigenvalue weighted by molar-refractivity contribution is 6.33. The smallest absolute Gasteiger partial charge is 0.423 e. The van der Waals surface area contributed by atoms with Crippen LogP contribution in [0.5, 0.6) is 5.88 Å². The summed E-state index contributed by atoms with van der Waals surface area (Å²) in [6.45, 7) is -1.92. The molecular formula is C13H8ClF6N3O. The van der Waals surface area contributed by atoms with Gasteiger partial charge in [0.2, 0.25) is 11.8 Å². The van der Waals surface area contributed by atoms with Gasteiger partial charge in [-0.25, -0.2) is 4.98 Å². The molecule has 0 saturated heterocycles. The Morgan fingerprint density at radius 2 is 1.75 bits per heavy atom. The van der Waals surface area contributed by atoms with E-state index >= 15 is 0 Å². The second-order valence-corrected chi connectivity index (χ2v) is 4.83. The molecule has 0 fully saturated rings. The zero-order chi connectivity index (χ0) is 18.0. The third-order valence-electron chi connectivity index (χ3n) is 2.55. The molecule has 1 aromatic heterocycles. The fourth-order valence-electron chi connectivity index (χ4n) is 1.56. The van der Waals surface area contributed by atoms with E-state index in [0.717, 1.165) is 0 Å². The molecule has 1 N–H and O–H groups in total. The Morgan fingerprint density at radius 3 is 2.33 bits per heavy atom. The maximum Gasteiger partial charge on any atom is 0.423 e. The highest BCUT2D eigenvalue weighted by atomic mass is 35.5. The van der Waals surface area contributed by atoms with E-state index in [1.165, 1.54) is 12.1 Å². The largest absolute Gasteiger partial charge is 0.467 e. The minimum atomic E-state index is -4.97. The average molecular weight is 372 g/mol. The number of aromatic nitrogens is 2.